The number of anilines is 3. The van der Waals surface area contributed by atoms with Gasteiger partial charge in [0, 0.05) is 16.9 Å². The molecule has 0 N–H and O–H groups in total. The maximum Gasteiger partial charge on any atom is 0.0713 e. The van der Waals surface area contributed by atoms with Crippen LogP contribution in [0.3, 0.4) is 0 Å². The van der Waals surface area contributed by atoms with Gasteiger partial charge < -0.3 is 4.90 Å². The Balaban J connectivity index is 1.34. The van der Waals surface area contributed by atoms with Gasteiger partial charge in [-0.25, -0.2) is 0 Å². The third-order valence-electron chi connectivity index (χ3n) is 9.90. The number of para-hydroxylation sites is 1. The third-order valence-corrected chi connectivity index (χ3v) is 9.90. The highest BCUT2D eigenvalue weighted by Gasteiger charge is 2.46. The maximum atomic E-state index is 2.43. The Morgan fingerprint density at radius 3 is 1.52 bits per heavy atom. The largest absolute Gasteiger partial charge is 0.310 e. The molecule has 0 heterocycles. The van der Waals surface area contributed by atoms with Crippen LogP contribution in [0.5, 0.6) is 0 Å². The summed E-state index contributed by atoms with van der Waals surface area (Å²) in [5.41, 5.74) is 13.1. The standard InChI is InChI=1S/C47H33N/c1-5-17-34(18-6-1)42-31-35-19-13-14-20-36(35)32-46(42)48(39-25-11-4-12-26-39)40-29-30-45-43(33-40)41-27-15-16-28-44(41)47(45,37-21-7-2-8-22-37)38-23-9-3-10-24-38/h1-33H. The maximum absolute atomic E-state index is 2.43. The predicted octanol–water partition coefficient (Wildman–Crippen LogP) is 12.3. The van der Waals surface area contributed by atoms with Crippen LogP contribution in [0.15, 0.2) is 200 Å². The van der Waals surface area contributed by atoms with E-state index in [1.54, 1.807) is 0 Å². The molecule has 0 aromatic heterocycles. The van der Waals surface area contributed by atoms with Crippen LogP contribution in [0, 0.1) is 0 Å². The molecule has 226 valence electrons. The quantitative estimate of drug-likeness (QED) is 0.181. The van der Waals surface area contributed by atoms with Crippen molar-refractivity contribution in [3.63, 3.8) is 0 Å². The second-order valence-corrected chi connectivity index (χ2v) is 12.5. The van der Waals surface area contributed by atoms with E-state index in [2.05, 4.69) is 205 Å². The minimum absolute atomic E-state index is 0.428. The molecule has 8 aromatic carbocycles. The summed E-state index contributed by atoms with van der Waals surface area (Å²) in [6, 6.07) is 73.0. The average molecular weight is 612 g/mol. The molecule has 0 fully saturated rings. The van der Waals surface area contributed by atoms with E-state index in [1.165, 1.54) is 55.3 Å². The molecule has 0 spiro atoms. The summed E-state index contributed by atoms with van der Waals surface area (Å²) in [5, 5.41) is 2.44. The van der Waals surface area contributed by atoms with Crippen LogP contribution < -0.4 is 4.90 Å². The lowest BCUT2D eigenvalue weighted by Gasteiger charge is -2.34. The first kappa shape index (κ1) is 28.1. The van der Waals surface area contributed by atoms with Gasteiger partial charge in [-0.3, -0.25) is 0 Å². The van der Waals surface area contributed by atoms with E-state index in [4.69, 9.17) is 0 Å². The number of rotatable bonds is 6. The Hall–Kier alpha value is -6.18. The van der Waals surface area contributed by atoms with Crippen molar-refractivity contribution >= 4 is 27.8 Å². The number of hydrogen-bond donors (Lipinski definition) is 0. The van der Waals surface area contributed by atoms with Gasteiger partial charge in [0.15, 0.2) is 0 Å². The Kier molecular flexibility index (Phi) is 6.76. The molecule has 8 aromatic rings. The van der Waals surface area contributed by atoms with E-state index in [0.717, 1.165) is 17.1 Å². The molecule has 0 aliphatic heterocycles. The van der Waals surface area contributed by atoms with E-state index in [9.17, 15) is 0 Å². The van der Waals surface area contributed by atoms with E-state index < -0.39 is 5.41 Å². The van der Waals surface area contributed by atoms with Crippen molar-refractivity contribution in [2.75, 3.05) is 4.90 Å². The van der Waals surface area contributed by atoms with Crippen LogP contribution >= 0.6 is 0 Å². The van der Waals surface area contributed by atoms with Crippen LogP contribution in [0.25, 0.3) is 33.0 Å². The van der Waals surface area contributed by atoms with Crippen molar-refractivity contribution in [1.82, 2.24) is 0 Å². The van der Waals surface area contributed by atoms with E-state index in [1.807, 2.05) is 0 Å². The van der Waals surface area contributed by atoms with E-state index >= 15 is 0 Å². The van der Waals surface area contributed by atoms with Gasteiger partial charge in [-0.15, -0.1) is 0 Å². The highest BCUT2D eigenvalue weighted by atomic mass is 15.1. The molecular weight excluding hydrogens is 579 g/mol. The van der Waals surface area contributed by atoms with Gasteiger partial charge in [0.05, 0.1) is 11.1 Å². The van der Waals surface area contributed by atoms with Crippen molar-refractivity contribution in [3.8, 4) is 22.3 Å². The Morgan fingerprint density at radius 1 is 0.333 bits per heavy atom. The molecule has 0 unspecified atom stereocenters. The first-order chi connectivity index (χ1) is 23.8. The molecule has 0 saturated heterocycles. The van der Waals surface area contributed by atoms with Gasteiger partial charge in [-0.1, -0.05) is 164 Å². The summed E-state index contributed by atoms with van der Waals surface area (Å²) in [5.74, 6) is 0. The average Bonchev–Trinajstić information content (AvgIpc) is 3.47. The normalized spacial score (nSPS) is 12.8. The lowest BCUT2D eigenvalue weighted by atomic mass is 9.68. The number of hydrogen-bond acceptors (Lipinski definition) is 1. The molecule has 1 nitrogen and oxygen atoms in total. The summed E-state index contributed by atoms with van der Waals surface area (Å²) in [6.07, 6.45) is 0. The van der Waals surface area contributed by atoms with Crippen LogP contribution in [0.4, 0.5) is 17.1 Å². The van der Waals surface area contributed by atoms with Crippen molar-refractivity contribution < 1.29 is 0 Å². The summed E-state index contributed by atoms with van der Waals surface area (Å²) < 4.78 is 0. The Morgan fingerprint density at radius 2 is 0.854 bits per heavy atom. The monoisotopic (exact) mass is 611 g/mol. The zero-order valence-electron chi connectivity index (χ0n) is 26.5. The lowest BCUT2D eigenvalue weighted by molar-refractivity contribution is 0.768. The van der Waals surface area contributed by atoms with Gasteiger partial charge in [0.25, 0.3) is 0 Å². The summed E-state index contributed by atoms with van der Waals surface area (Å²) in [7, 11) is 0. The lowest BCUT2D eigenvalue weighted by Crippen LogP contribution is -2.28. The van der Waals surface area contributed by atoms with Gasteiger partial charge in [0.2, 0.25) is 0 Å². The molecule has 9 rings (SSSR count). The first-order valence-electron chi connectivity index (χ1n) is 16.6. The molecule has 0 bridgehead atoms. The van der Waals surface area contributed by atoms with Crippen molar-refractivity contribution in [2.24, 2.45) is 0 Å². The zero-order valence-corrected chi connectivity index (χ0v) is 26.5. The predicted molar refractivity (Wildman–Crippen MR) is 201 cm³/mol. The molecule has 1 aliphatic rings. The minimum atomic E-state index is -0.428. The number of benzene rings is 8. The van der Waals surface area contributed by atoms with Crippen molar-refractivity contribution in [2.45, 2.75) is 5.41 Å². The highest BCUT2D eigenvalue weighted by Crippen LogP contribution is 2.57. The molecule has 1 aliphatic carbocycles. The van der Waals surface area contributed by atoms with Gasteiger partial charge in [-0.05, 0) is 86.1 Å². The summed E-state index contributed by atoms with van der Waals surface area (Å²) in [6.45, 7) is 0. The molecule has 0 radical (unpaired) electrons. The topological polar surface area (TPSA) is 3.24 Å². The minimum Gasteiger partial charge on any atom is -0.310 e. The van der Waals surface area contributed by atoms with E-state index in [-0.39, 0.29) is 0 Å². The van der Waals surface area contributed by atoms with Crippen LogP contribution in [-0.4, -0.2) is 0 Å². The summed E-state index contributed by atoms with van der Waals surface area (Å²) >= 11 is 0. The SMILES string of the molecule is c1ccc(-c2cc3ccccc3cc2N(c2ccccc2)c2ccc3c(c2)-c2ccccc2C3(c2ccccc2)c2ccccc2)cc1. The van der Waals surface area contributed by atoms with Crippen LogP contribution in [-0.2, 0) is 5.41 Å². The van der Waals surface area contributed by atoms with Gasteiger partial charge >= 0.3 is 0 Å². The second-order valence-electron chi connectivity index (χ2n) is 12.5. The third kappa shape index (κ3) is 4.40. The highest BCUT2D eigenvalue weighted by molar-refractivity contribution is 5.99. The summed E-state index contributed by atoms with van der Waals surface area (Å²) in [4.78, 5) is 2.43. The fraction of sp³-hybridized carbons (Fsp3) is 0.0213. The molecule has 0 saturated carbocycles. The van der Waals surface area contributed by atoms with Crippen LogP contribution in [0.1, 0.15) is 22.3 Å². The molecule has 48 heavy (non-hydrogen) atoms. The fourth-order valence-electron chi connectivity index (χ4n) is 7.84. The first-order valence-corrected chi connectivity index (χ1v) is 16.6. The number of nitrogens with zero attached hydrogens (tertiary/aromatic N) is 1. The van der Waals surface area contributed by atoms with E-state index in [0.29, 0.717) is 0 Å². The molecule has 0 amide bonds. The smallest absolute Gasteiger partial charge is 0.0713 e. The van der Waals surface area contributed by atoms with Crippen molar-refractivity contribution in [3.05, 3.63) is 222 Å². The molecule has 0 atom stereocenters. The van der Waals surface area contributed by atoms with Crippen LogP contribution in [0.2, 0.25) is 0 Å². The molecular formula is C47H33N. The number of fused-ring (bicyclic) bond motifs is 4. The molecule has 1 heteroatoms. The zero-order chi connectivity index (χ0) is 31.9. The van der Waals surface area contributed by atoms with Gasteiger partial charge in [-0.2, -0.15) is 0 Å². The Labute approximate surface area is 282 Å². The Bertz CT molecular complexity index is 2340. The fourth-order valence-corrected chi connectivity index (χ4v) is 7.84. The van der Waals surface area contributed by atoms with Gasteiger partial charge in [0.1, 0.15) is 0 Å². The second kappa shape index (κ2) is 11.6. The van der Waals surface area contributed by atoms with Crippen molar-refractivity contribution in [1.29, 1.82) is 0 Å².